The van der Waals surface area contributed by atoms with Gasteiger partial charge in [-0.15, -0.1) is 0 Å². The molecule has 1 N–H and O–H groups in total. The Morgan fingerprint density at radius 2 is 1.79 bits per heavy atom. The monoisotopic (exact) mass is 478 g/mol. The van der Waals surface area contributed by atoms with Crippen LogP contribution in [0.25, 0.3) is 6.08 Å². The number of hydrogen-bond donors (Lipinski definition) is 1. The fourth-order valence-corrected chi connectivity index (χ4v) is 4.22. The van der Waals surface area contributed by atoms with Crippen LogP contribution in [0.15, 0.2) is 64.2 Å². The molecule has 0 radical (unpaired) electrons. The molecule has 1 amide bonds. The maximum Gasteiger partial charge on any atom is 0.283 e. The van der Waals surface area contributed by atoms with E-state index < -0.39 is 5.91 Å². The van der Waals surface area contributed by atoms with Crippen LogP contribution < -0.4 is 14.2 Å². The Bertz CT molecular complexity index is 1160. The standard InChI is InChI=1S/C25H26N4O4S/c1-3-4-8-22-28-29-23(26)21(24(30)27-25(29)34-22)15-17-9-11-18(12-10-17)32-13-14-33-20-7-5-6-19(16-20)31-2/h5-7,9-12,15-16,26H,3-4,8,13-14H2,1-2H3/b21-15-,26-23?. The molecule has 2 aromatic carbocycles. The van der Waals surface area contributed by atoms with Crippen LogP contribution in [0.3, 0.4) is 0 Å². The minimum Gasteiger partial charge on any atom is -0.497 e. The van der Waals surface area contributed by atoms with Gasteiger partial charge in [0, 0.05) is 6.07 Å². The van der Waals surface area contributed by atoms with Crippen LogP contribution in [0.1, 0.15) is 31.7 Å². The van der Waals surface area contributed by atoms with Gasteiger partial charge in [-0.25, -0.2) is 0 Å². The van der Waals surface area contributed by atoms with Crippen molar-refractivity contribution in [3.63, 3.8) is 0 Å². The molecule has 0 saturated heterocycles. The van der Waals surface area contributed by atoms with Crippen LogP contribution in [0, 0.1) is 5.41 Å². The zero-order chi connectivity index (χ0) is 23.9. The molecule has 9 heteroatoms. The third-order valence-electron chi connectivity index (χ3n) is 5.09. The molecule has 0 fully saturated rings. The number of rotatable bonds is 10. The maximum absolute atomic E-state index is 12.5. The number of nitrogens with one attached hydrogen (secondary N) is 1. The summed E-state index contributed by atoms with van der Waals surface area (Å²) >= 11 is 1.37. The molecule has 0 aromatic heterocycles. The summed E-state index contributed by atoms with van der Waals surface area (Å²) in [7, 11) is 1.61. The second-order valence-electron chi connectivity index (χ2n) is 7.56. The molecule has 0 unspecified atom stereocenters. The molecule has 2 heterocycles. The van der Waals surface area contributed by atoms with Gasteiger partial charge in [0.2, 0.25) is 5.17 Å². The number of methoxy groups -OCH3 is 1. The van der Waals surface area contributed by atoms with E-state index in [1.165, 1.54) is 16.8 Å². The van der Waals surface area contributed by atoms with E-state index in [1.54, 1.807) is 13.2 Å². The van der Waals surface area contributed by atoms with Gasteiger partial charge < -0.3 is 14.2 Å². The predicted octanol–water partition coefficient (Wildman–Crippen LogP) is 4.96. The first kappa shape index (κ1) is 23.6. The van der Waals surface area contributed by atoms with E-state index in [0.29, 0.717) is 29.9 Å². The lowest BCUT2D eigenvalue weighted by atomic mass is 10.1. The highest BCUT2D eigenvalue weighted by Gasteiger charge is 2.35. The molecule has 4 rings (SSSR count). The molecule has 2 aliphatic heterocycles. The van der Waals surface area contributed by atoms with Gasteiger partial charge in [0.15, 0.2) is 5.84 Å². The van der Waals surface area contributed by atoms with E-state index in [-0.39, 0.29) is 11.4 Å². The first-order valence-electron chi connectivity index (χ1n) is 11.1. The molecule has 0 aliphatic carbocycles. The van der Waals surface area contributed by atoms with Gasteiger partial charge in [-0.2, -0.15) is 15.1 Å². The highest BCUT2D eigenvalue weighted by atomic mass is 32.2. The average molecular weight is 479 g/mol. The number of hydrogen-bond acceptors (Lipinski definition) is 7. The fraction of sp³-hybridized carbons (Fsp3) is 0.280. The number of unbranched alkanes of at least 4 members (excludes halogenated alkanes) is 1. The molecule has 2 aliphatic rings. The zero-order valence-electron chi connectivity index (χ0n) is 19.1. The highest BCUT2D eigenvalue weighted by Crippen LogP contribution is 2.30. The summed E-state index contributed by atoms with van der Waals surface area (Å²) in [6.45, 7) is 2.88. The summed E-state index contributed by atoms with van der Waals surface area (Å²) in [6.07, 6.45) is 4.55. The summed E-state index contributed by atoms with van der Waals surface area (Å²) in [4.78, 5) is 16.7. The Balaban J connectivity index is 1.33. The minimum absolute atomic E-state index is 0.0454. The molecule has 0 spiro atoms. The van der Waals surface area contributed by atoms with Crippen molar-refractivity contribution in [2.24, 2.45) is 10.1 Å². The highest BCUT2D eigenvalue weighted by molar-refractivity contribution is 8.26. The first-order chi connectivity index (χ1) is 16.6. The van der Waals surface area contributed by atoms with Crippen LogP contribution in [0.4, 0.5) is 0 Å². The Kier molecular flexibility index (Phi) is 7.64. The molecule has 176 valence electrons. The van der Waals surface area contributed by atoms with Crippen molar-refractivity contribution in [3.05, 3.63) is 59.7 Å². The molecule has 2 aromatic rings. The van der Waals surface area contributed by atoms with Gasteiger partial charge in [0.25, 0.3) is 5.91 Å². The molecule has 34 heavy (non-hydrogen) atoms. The topological polar surface area (TPSA) is 96.6 Å². The Morgan fingerprint density at radius 3 is 2.53 bits per heavy atom. The van der Waals surface area contributed by atoms with Crippen LogP contribution >= 0.6 is 11.8 Å². The van der Waals surface area contributed by atoms with Crippen molar-refractivity contribution < 1.29 is 19.0 Å². The Hall–Kier alpha value is -3.59. The Morgan fingerprint density at radius 1 is 1.06 bits per heavy atom. The third kappa shape index (κ3) is 5.66. The number of fused-ring (bicyclic) bond motifs is 1. The van der Waals surface area contributed by atoms with Gasteiger partial charge in [-0.05, 0) is 60.5 Å². The summed E-state index contributed by atoms with van der Waals surface area (Å²) < 4.78 is 16.6. The molecule has 0 atom stereocenters. The largest absolute Gasteiger partial charge is 0.497 e. The summed E-state index contributed by atoms with van der Waals surface area (Å²) in [6, 6.07) is 14.7. The number of hydrazone groups is 1. The van der Waals surface area contributed by atoms with Gasteiger partial charge in [-0.3, -0.25) is 10.2 Å². The number of nitrogens with zero attached hydrogens (tertiary/aromatic N) is 3. The third-order valence-corrected chi connectivity index (χ3v) is 6.06. The summed E-state index contributed by atoms with van der Waals surface area (Å²) in [5.41, 5.74) is 0.985. The van der Waals surface area contributed by atoms with Crippen molar-refractivity contribution in [2.45, 2.75) is 26.2 Å². The second-order valence-corrected chi connectivity index (χ2v) is 8.60. The van der Waals surface area contributed by atoms with Crippen molar-refractivity contribution in [1.29, 1.82) is 5.41 Å². The summed E-state index contributed by atoms with van der Waals surface area (Å²) in [5.74, 6) is 1.76. The van der Waals surface area contributed by atoms with Gasteiger partial charge in [0.05, 0.1) is 12.7 Å². The number of amides is 1. The number of thioether (sulfide) groups is 1. The van der Waals surface area contributed by atoms with Gasteiger partial charge >= 0.3 is 0 Å². The van der Waals surface area contributed by atoms with Crippen molar-refractivity contribution in [2.75, 3.05) is 20.3 Å². The fourth-order valence-electron chi connectivity index (χ4n) is 3.30. The SMILES string of the molecule is CCCCC1=NN2C(=N)/C(=C/c3ccc(OCCOc4cccc(OC)c4)cc3)C(=O)N=C2S1. The van der Waals surface area contributed by atoms with E-state index in [0.717, 1.165) is 35.6 Å². The molecule has 0 bridgehead atoms. The predicted molar refractivity (Wildman–Crippen MR) is 135 cm³/mol. The number of carbonyl (C=O) groups excluding carboxylic acids is 1. The van der Waals surface area contributed by atoms with Crippen molar-refractivity contribution in [3.8, 4) is 17.2 Å². The van der Waals surface area contributed by atoms with E-state index in [2.05, 4.69) is 17.0 Å². The molecular formula is C25H26N4O4S. The lowest BCUT2D eigenvalue weighted by Gasteiger charge is -2.20. The number of carbonyl (C=O) groups is 1. The van der Waals surface area contributed by atoms with E-state index >= 15 is 0 Å². The van der Waals surface area contributed by atoms with Crippen LogP contribution in [0.2, 0.25) is 0 Å². The lowest BCUT2D eigenvalue weighted by Crippen LogP contribution is -2.35. The number of aliphatic imine (C=N–C) groups is 1. The normalized spacial score (nSPS) is 16.3. The Labute approximate surface area is 202 Å². The number of benzene rings is 2. The van der Waals surface area contributed by atoms with Crippen LogP contribution in [-0.4, -0.2) is 47.3 Å². The molecule has 8 nitrogen and oxygen atoms in total. The zero-order valence-corrected chi connectivity index (χ0v) is 19.9. The average Bonchev–Trinajstić information content (AvgIpc) is 3.27. The minimum atomic E-state index is -0.425. The van der Waals surface area contributed by atoms with E-state index in [1.807, 2.05) is 48.5 Å². The summed E-state index contributed by atoms with van der Waals surface area (Å²) in [5, 5.41) is 15.7. The van der Waals surface area contributed by atoms with E-state index in [4.69, 9.17) is 19.6 Å². The second kappa shape index (κ2) is 11.0. The van der Waals surface area contributed by atoms with Crippen molar-refractivity contribution in [1.82, 2.24) is 5.01 Å². The van der Waals surface area contributed by atoms with Crippen LogP contribution in [0.5, 0.6) is 17.2 Å². The number of amidine groups is 2. The number of ether oxygens (including phenoxy) is 3. The maximum atomic E-state index is 12.5. The lowest BCUT2D eigenvalue weighted by molar-refractivity contribution is -0.114. The molecule has 0 saturated carbocycles. The van der Waals surface area contributed by atoms with E-state index in [9.17, 15) is 4.79 Å². The van der Waals surface area contributed by atoms with Crippen molar-refractivity contribution >= 4 is 39.8 Å². The quantitative estimate of drug-likeness (QED) is 0.383. The first-order valence-corrected chi connectivity index (χ1v) is 11.9. The van der Waals surface area contributed by atoms with Crippen LogP contribution in [-0.2, 0) is 4.79 Å². The molecular weight excluding hydrogens is 452 g/mol. The smallest absolute Gasteiger partial charge is 0.283 e. The van der Waals surface area contributed by atoms with Gasteiger partial charge in [0.1, 0.15) is 35.5 Å². The van der Waals surface area contributed by atoms with Gasteiger partial charge in [-0.1, -0.05) is 31.5 Å².